The Balaban J connectivity index is 2.40. The molecule has 0 radical (unpaired) electrons. The van der Waals surface area contributed by atoms with E-state index < -0.39 is 0 Å². The number of rotatable bonds is 3. The van der Waals surface area contributed by atoms with Gasteiger partial charge in [-0.3, -0.25) is 0 Å². The molecule has 0 saturated carbocycles. The molecule has 2 aromatic rings. The van der Waals surface area contributed by atoms with Gasteiger partial charge in [0.25, 0.3) is 0 Å². The van der Waals surface area contributed by atoms with Crippen LogP contribution < -0.4 is 5.73 Å². The minimum atomic E-state index is 0.508. The second kappa shape index (κ2) is 5.01. The smallest absolute Gasteiger partial charge is 0.152 e. The fourth-order valence-corrected chi connectivity index (χ4v) is 1.61. The van der Waals surface area contributed by atoms with Crippen LogP contribution in [0.3, 0.4) is 0 Å². The summed E-state index contributed by atoms with van der Waals surface area (Å²) >= 11 is 6.08. The third-order valence-corrected chi connectivity index (χ3v) is 2.45. The van der Waals surface area contributed by atoms with Crippen molar-refractivity contribution in [1.29, 1.82) is 0 Å². The van der Waals surface area contributed by atoms with Crippen LogP contribution in [0.4, 0.5) is 0 Å². The van der Waals surface area contributed by atoms with Crippen LogP contribution >= 0.6 is 11.6 Å². The van der Waals surface area contributed by atoms with Crippen molar-refractivity contribution in [3.8, 4) is 11.3 Å². The van der Waals surface area contributed by atoms with Crippen molar-refractivity contribution < 1.29 is 0 Å². The summed E-state index contributed by atoms with van der Waals surface area (Å²) < 4.78 is 0. The summed E-state index contributed by atoms with van der Waals surface area (Å²) in [6, 6.07) is 7.51. The van der Waals surface area contributed by atoms with E-state index in [0.717, 1.165) is 11.3 Å². The van der Waals surface area contributed by atoms with Gasteiger partial charge in [0.2, 0.25) is 0 Å². The van der Waals surface area contributed by atoms with Crippen LogP contribution in [0.15, 0.2) is 30.5 Å². The van der Waals surface area contributed by atoms with Crippen molar-refractivity contribution in [2.45, 2.75) is 6.42 Å². The van der Waals surface area contributed by atoms with E-state index in [9.17, 15) is 0 Å². The highest BCUT2D eigenvalue weighted by Gasteiger charge is 2.06. The number of hydrogen-bond acceptors (Lipinski definition) is 4. The fraction of sp³-hybridized carbons (Fsp3) is 0.182. The third kappa shape index (κ3) is 2.35. The maximum atomic E-state index is 6.08. The summed E-state index contributed by atoms with van der Waals surface area (Å²) in [5.74, 6) is 0.639. The summed E-state index contributed by atoms with van der Waals surface area (Å²) in [7, 11) is 0. The molecule has 2 rings (SSSR count). The number of halogens is 1. The third-order valence-electron chi connectivity index (χ3n) is 2.12. The van der Waals surface area contributed by atoms with E-state index in [1.54, 1.807) is 6.20 Å². The molecular formula is C11H11ClN4. The SMILES string of the molecule is NCCc1nncc(-c2ccccc2Cl)n1. The monoisotopic (exact) mass is 234 g/mol. The average molecular weight is 235 g/mol. The molecule has 2 N–H and O–H groups in total. The maximum Gasteiger partial charge on any atom is 0.152 e. The predicted molar refractivity (Wildman–Crippen MR) is 63.0 cm³/mol. The quantitative estimate of drug-likeness (QED) is 0.878. The van der Waals surface area contributed by atoms with Gasteiger partial charge in [0.1, 0.15) is 0 Å². The first-order chi connectivity index (χ1) is 7.81. The van der Waals surface area contributed by atoms with Crippen molar-refractivity contribution in [2.75, 3.05) is 6.54 Å². The van der Waals surface area contributed by atoms with E-state index in [-0.39, 0.29) is 0 Å². The molecule has 1 heterocycles. The minimum Gasteiger partial charge on any atom is -0.330 e. The molecule has 1 aromatic heterocycles. The molecule has 0 unspecified atom stereocenters. The zero-order chi connectivity index (χ0) is 11.4. The molecule has 0 bridgehead atoms. The summed E-state index contributed by atoms with van der Waals surface area (Å²) in [5, 5.41) is 8.45. The molecule has 0 fully saturated rings. The van der Waals surface area contributed by atoms with Gasteiger partial charge in [-0.25, -0.2) is 4.98 Å². The van der Waals surface area contributed by atoms with Gasteiger partial charge in [-0.2, -0.15) is 5.10 Å². The fourth-order valence-electron chi connectivity index (χ4n) is 1.37. The van der Waals surface area contributed by atoms with E-state index >= 15 is 0 Å². The van der Waals surface area contributed by atoms with E-state index in [1.165, 1.54) is 0 Å². The van der Waals surface area contributed by atoms with Gasteiger partial charge in [-0.15, -0.1) is 5.10 Å². The lowest BCUT2D eigenvalue weighted by Gasteiger charge is -2.03. The van der Waals surface area contributed by atoms with Crippen LogP contribution in [0.25, 0.3) is 11.3 Å². The lowest BCUT2D eigenvalue weighted by Crippen LogP contribution is -2.07. The number of nitrogens with two attached hydrogens (primary N) is 1. The molecule has 0 spiro atoms. The maximum absolute atomic E-state index is 6.08. The molecule has 0 aliphatic rings. The van der Waals surface area contributed by atoms with Gasteiger partial charge in [0.05, 0.1) is 16.9 Å². The van der Waals surface area contributed by atoms with Crippen molar-refractivity contribution >= 4 is 11.6 Å². The number of aromatic nitrogens is 3. The van der Waals surface area contributed by atoms with Crippen molar-refractivity contribution in [1.82, 2.24) is 15.2 Å². The first-order valence-electron chi connectivity index (χ1n) is 4.95. The standard InChI is InChI=1S/C11H11ClN4/c12-9-4-2-1-3-8(9)10-7-14-16-11(15-10)5-6-13/h1-4,7H,5-6,13H2. The second-order valence-electron chi connectivity index (χ2n) is 3.28. The summed E-state index contributed by atoms with van der Waals surface area (Å²) in [4.78, 5) is 4.36. The van der Waals surface area contributed by atoms with E-state index in [2.05, 4.69) is 15.2 Å². The highest BCUT2D eigenvalue weighted by atomic mass is 35.5. The van der Waals surface area contributed by atoms with Crippen molar-refractivity contribution in [2.24, 2.45) is 5.73 Å². The molecule has 16 heavy (non-hydrogen) atoms. The Morgan fingerprint density at radius 3 is 2.81 bits per heavy atom. The van der Waals surface area contributed by atoms with Crippen LogP contribution in [0.2, 0.25) is 5.02 Å². The Bertz CT molecular complexity index is 487. The van der Waals surface area contributed by atoms with E-state index in [4.69, 9.17) is 17.3 Å². The zero-order valence-corrected chi connectivity index (χ0v) is 9.35. The Morgan fingerprint density at radius 1 is 1.25 bits per heavy atom. The molecule has 5 heteroatoms. The summed E-state index contributed by atoms with van der Waals surface area (Å²) in [6.07, 6.45) is 2.21. The molecular weight excluding hydrogens is 224 g/mol. The first-order valence-corrected chi connectivity index (χ1v) is 5.32. The second-order valence-corrected chi connectivity index (χ2v) is 3.68. The number of benzene rings is 1. The topological polar surface area (TPSA) is 64.7 Å². The van der Waals surface area contributed by atoms with Gasteiger partial charge in [-0.05, 0) is 12.6 Å². The van der Waals surface area contributed by atoms with Gasteiger partial charge in [0, 0.05) is 12.0 Å². The molecule has 0 amide bonds. The molecule has 0 saturated heterocycles. The van der Waals surface area contributed by atoms with Gasteiger partial charge >= 0.3 is 0 Å². The van der Waals surface area contributed by atoms with E-state index in [1.807, 2.05) is 24.3 Å². The number of hydrogen-bond donors (Lipinski definition) is 1. The molecule has 82 valence electrons. The molecule has 0 aliphatic carbocycles. The van der Waals surface area contributed by atoms with E-state index in [0.29, 0.717) is 23.8 Å². The van der Waals surface area contributed by atoms with Gasteiger partial charge < -0.3 is 5.73 Å². The normalized spacial score (nSPS) is 10.4. The molecule has 0 atom stereocenters. The molecule has 0 aliphatic heterocycles. The highest BCUT2D eigenvalue weighted by molar-refractivity contribution is 6.33. The Morgan fingerprint density at radius 2 is 2.06 bits per heavy atom. The largest absolute Gasteiger partial charge is 0.330 e. The molecule has 1 aromatic carbocycles. The van der Waals surface area contributed by atoms with Crippen LogP contribution in [0.5, 0.6) is 0 Å². The Labute approximate surface area is 98.5 Å². The van der Waals surface area contributed by atoms with Crippen LogP contribution in [-0.2, 0) is 6.42 Å². The average Bonchev–Trinajstić information content (AvgIpc) is 2.30. The lowest BCUT2D eigenvalue weighted by atomic mass is 10.1. The highest BCUT2D eigenvalue weighted by Crippen LogP contribution is 2.24. The van der Waals surface area contributed by atoms with Crippen LogP contribution in [0, 0.1) is 0 Å². The zero-order valence-electron chi connectivity index (χ0n) is 8.60. The lowest BCUT2D eigenvalue weighted by molar-refractivity contribution is 0.812. The first kappa shape index (κ1) is 11.0. The summed E-state index contributed by atoms with van der Waals surface area (Å²) in [6.45, 7) is 0.508. The molecule has 4 nitrogen and oxygen atoms in total. The minimum absolute atomic E-state index is 0.508. The Hall–Kier alpha value is -1.52. The van der Waals surface area contributed by atoms with Crippen LogP contribution in [0.1, 0.15) is 5.82 Å². The van der Waals surface area contributed by atoms with Crippen LogP contribution in [-0.4, -0.2) is 21.7 Å². The van der Waals surface area contributed by atoms with Gasteiger partial charge in [0.15, 0.2) is 5.82 Å². The van der Waals surface area contributed by atoms with Crippen molar-refractivity contribution in [3.05, 3.63) is 41.3 Å². The predicted octanol–water partition coefficient (Wildman–Crippen LogP) is 1.69. The number of nitrogens with zero attached hydrogens (tertiary/aromatic N) is 3. The summed E-state index contributed by atoms with van der Waals surface area (Å²) in [5.41, 5.74) is 7.03. The Kier molecular flexibility index (Phi) is 3.44. The van der Waals surface area contributed by atoms with Crippen molar-refractivity contribution in [3.63, 3.8) is 0 Å². The van der Waals surface area contributed by atoms with Gasteiger partial charge in [-0.1, -0.05) is 29.8 Å².